The molecule has 2 aliphatic carbocycles. The number of nitrogens with zero attached hydrogens (tertiary/aromatic N) is 9. The Hall–Kier alpha value is -6.34. The van der Waals surface area contributed by atoms with Crippen molar-refractivity contribution in [1.29, 1.82) is 0 Å². The summed E-state index contributed by atoms with van der Waals surface area (Å²) in [5, 5.41) is 32.2. The number of rotatable bonds is 12. The molecule has 2 aliphatic rings. The minimum absolute atomic E-state index is 0.193. The summed E-state index contributed by atoms with van der Waals surface area (Å²) in [6.45, 7) is 18.0. The van der Waals surface area contributed by atoms with E-state index in [1.165, 1.54) is 0 Å². The number of carbonyl (C=O) groups excluding carboxylic acids is 1. The largest absolute Gasteiger partial charge is 0.476 e. The highest BCUT2D eigenvalue weighted by molar-refractivity contribution is 6.76. The Morgan fingerprint density at radius 1 is 0.857 bits per heavy atom. The van der Waals surface area contributed by atoms with Gasteiger partial charge >= 0.3 is 5.97 Å². The van der Waals surface area contributed by atoms with E-state index in [0.29, 0.717) is 48.5 Å². The van der Waals surface area contributed by atoms with E-state index in [1.54, 1.807) is 51.2 Å². The van der Waals surface area contributed by atoms with Gasteiger partial charge in [-0.3, -0.25) is 19.3 Å². The number of H-pyrrole nitrogens is 1. The molecule has 6 aromatic heterocycles. The summed E-state index contributed by atoms with van der Waals surface area (Å²) in [6.07, 6.45) is 15.5. The highest BCUT2D eigenvalue weighted by Gasteiger charge is 2.33. The van der Waals surface area contributed by atoms with Crippen molar-refractivity contribution in [3.8, 4) is 0 Å². The van der Waals surface area contributed by atoms with Crippen molar-refractivity contribution < 1.29 is 19.4 Å². The predicted octanol–water partition coefficient (Wildman–Crippen LogP) is 6.30. The standard InChI is InChI=1S/C19H23N7O.C16H28N2O3Si.C9H11N5/c1-19(2)6-5-14-15(8-19)24-25-16(14)18(27)23-13-9-22-26(11-13)10-12-4-3-7-21-17(12)20;1-16(2)7-6-12-13(10-16)18(17-14(12)15(19)20)11-21-8-9-22(3,4)5;10-8-4-13-14(6-8)5-7-2-1-3-12-9(7)11/h3-4,7,9,11H,5-6,8,10H2,1-2H3,(H2,20,21)(H,23,27)(H,24,25);6-11H2,1-5H3,(H,19,20);1-4,6H,5,10H2,(H2,11,12). The maximum Gasteiger partial charge on any atom is 0.356 e. The molecule has 0 aromatic carbocycles. The van der Waals surface area contributed by atoms with Gasteiger partial charge in [0.2, 0.25) is 0 Å². The van der Waals surface area contributed by atoms with Crippen LogP contribution in [-0.2, 0) is 50.2 Å². The molecule has 0 spiro atoms. The molecule has 6 aromatic rings. The van der Waals surface area contributed by atoms with Crippen molar-refractivity contribution in [3.05, 3.63) is 106 Å². The molecule has 18 nitrogen and oxygen atoms in total. The molecule has 336 valence electrons. The number of hydrogen-bond donors (Lipinski definition) is 6. The molecule has 0 saturated carbocycles. The van der Waals surface area contributed by atoms with E-state index in [-0.39, 0.29) is 22.4 Å². The van der Waals surface area contributed by atoms with Crippen molar-refractivity contribution in [1.82, 2.24) is 49.5 Å². The number of carbonyl (C=O) groups is 2. The molecule has 8 rings (SSSR count). The molecule has 63 heavy (non-hydrogen) atoms. The van der Waals surface area contributed by atoms with Crippen LogP contribution in [0.5, 0.6) is 0 Å². The summed E-state index contributed by atoms with van der Waals surface area (Å²) in [5.41, 5.74) is 25.3. The van der Waals surface area contributed by atoms with Gasteiger partial charge in [0.05, 0.1) is 36.9 Å². The van der Waals surface area contributed by atoms with Crippen molar-refractivity contribution in [3.63, 3.8) is 0 Å². The molecular formula is C44H62N14O4Si. The van der Waals surface area contributed by atoms with Gasteiger partial charge in [-0.25, -0.2) is 19.4 Å². The molecule has 0 radical (unpaired) electrons. The zero-order chi connectivity index (χ0) is 45.5. The first-order valence-electron chi connectivity index (χ1n) is 21.2. The van der Waals surface area contributed by atoms with E-state index in [1.807, 2.05) is 24.3 Å². The minimum Gasteiger partial charge on any atom is -0.476 e. The van der Waals surface area contributed by atoms with Gasteiger partial charge in [0.25, 0.3) is 5.91 Å². The van der Waals surface area contributed by atoms with Crippen molar-refractivity contribution in [2.75, 3.05) is 29.1 Å². The normalized spacial score (nSPS) is 14.9. The van der Waals surface area contributed by atoms with Gasteiger partial charge in [-0.1, -0.05) is 59.5 Å². The molecule has 1 amide bonds. The zero-order valence-corrected chi connectivity index (χ0v) is 38.5. The summed E-state index contributed by atoms with van der Waals surface area (Å²) < 4.78 is 11.0. The second kappa shape index (κ2) is 19.4. The molecule has 0 bridgehead atoms. The number of pyridine rings is 2. The third kappa shape index (κ3) is 12.6. The van der Waals surface area contributed by atoms with Crippen LogP contribution >= 0.6 is 0 Å². The number of aromatic carboxylic acids is 1. The first-order chi connectivity index (χ1) is 29.8. The van der Waals surface area contributed by atoms with E-state index in [4.69, 9.17) is 21.9 Å². The second-order valence-electron chi connectivity index (χ2n) is 19.1. The molecule has 0 saturated heterocycles. The van der Waals surface area contributed by atoms with Gasteiger partial charge in [0, 0.05) is 73.1 Å². The average Bonchev–Trinajstić information content (AvgIpc) is 4.01. The number of aromatic amines is 1. The van der Waals surface area contributed by atoms with Crippen molar-refractivity contribution in [2.45, 2.75) is 112 Å². The number of amides is 1. The molecule has 0 atom stereocenters. The Morgan fingerprint density at radius 2 is 1.46 bits per heavy atom. The topological polar surface area (TPSA) is 262 Å². The molecule has 19 heteroatoms. The lowest BCUT2D eigenvalue weighted by Gasteiger charge is -2.30. The Balaban J connectivity index is 0.000000165. The van der Waals surface area contributed by atoms with Crippen LogP contribution in [0.2, 0.25) is 25.7 Å². The Labute approximate surface area is 369 Å². The molecular weight excluding hydrogens is 817 g/mol. The smallest absolute Gasteiger partial charge is 0.356 e. The van der Waals surface area contributed by atoms with E-state index < -0.39 is 14.0 Å². The highest BCUT2D eigenvalue weighted by Crippen LogP contribution is 2.37. The lowest BCUT2D eigenvalue weighted by molar-refractivity contribution is 0.0667. The molecule has 0 fully saturated rings. The fraction of sp³-hybridized carbons (Fsp3) is 0.455. The third-order valence-electron chi connectivity index (χ3n) is 11.2. The third-order valence-corrected chi connectivity index (χ3v) is 12.9. The molecule has 0 unspecified atom stereocenters. The van der Waals surface area contributed by atoms with Gasteiger partial charge in [-0.2, -0.15) is 20.4 Å². The number of ether oxygens (including phenoxy) is 1. The molecule has 0 aliphatic heterocycles. The Bertz CT molecular complexity index is 2510. The van der Waals surface area contributed by atoms with Gasteiger partial charge < -0.3 is 32.4 Å². The van der Waals surface area contributed by atoms with Gasteiger partial charge in [0.15, 0.2) is 11.4 Å². The Kier molecular flexibility index (Phi) is 14.2. The first-order valence-corrected chi connectivity index (χ1v) is 24.9. The summed E-state index contributed by atoms with van der Waals surface area (Å²) >= 11 is 0. The van der Waals surface area contributed by atoms with Crippen molar-refractivity contribution in [2.24, 2.45) is 10.8 Å². The van der Waals surface area contributed by atoms with E-state index in [9.17, 15) is 14.7 Å². The average molecular weight is 879 g/mol. The fourth-order valence-corrected chi connectivity index (χ4v) is 8.29. The second-order valence-corrected chi connectivity index (χ2v) is 24.7. The monoisotopic (exact) mass is 878 g/mol. The number of carboxylic acids is 1. The lowest BCUT2D eigenvalue weighted by Crippen LogP contribution is -2.25. The van der Waals surface area contributed by atoms with E-state index in [2.05, 4.69) is 88.1 Å². The lowest BCUT2D eigenvalue weighted by atomic mass is 9.76. The summed E-state index contributed by atoms with van der Waals surface area (Å²) in [6, 6.07) is 8.60. The number of nitrogens with two attached hydrogens (primary N) is 3. The minimum atomic E-state index is -1.11. The van der Waals surface area contributed by atoms with Crippen LogP contribution in [0.3, 0.4) is 0 Å². The van der Waals surface area contributed by atoms with Crippen LogP contribution in [0.4, 0.5) is 23.0 Å². The summed E-state index contributed by atoms with van der Waals surface area (Å²) in [7, 11) is -1.11. The first kappa shape index (κ1) is 46.2. The summed E-state index contributed by atoms with van der Waals surface area (Å²) in [5.74, 6) is -0.143. The highest BCUT2D eigenvalue weighted by atomic mass is 28.3. The number of nitrogens with one attached hydrogen (secondary N) is 2. The SMILES string of the molecule is CC1(C)CCc2c(C(=O)Nc3cnn(Cc4cccnc4N)c3)n[nH]c2C1.CC1(C)CCc2c(C(=O)O)nn(COCC[Si](C)(C)C)c2C1.Nc1cnn(Cc2cccnc2N)c1. The molecule has 6 heterocycles. The van der Waals surface area contributed by atoms with Crippen LogP contribution in [0.25, 0.3) is 0 Å². The van der Waals surface area contributed by atoms with Gasteiger partial charge in [0.1, 0.15) is 18.4 Å². The number of aromatic nitrogens is 10. The van der Waals surface area contributed by atoms with Crippen LogP contribution in [0, 0.1) is 10.8 Å². The van der Waals surface area contributed by atoms with Gasteiger partial charge in [-0.05, 0) is 67.5 Å². The van der Waals surface area contributed by atoms with Crippen LogP contribution in [0.15, 0.2) is 61.4 Å². The van der Waals surface area contributed by atoms with Gasteiger partial charge in [-0.15, -0.1) is 0 Å². The summed E-state index contributed by atoms with van der Waals surface area (Å²) in [4.78, 5) is 32.1. The van der Waals surface area contributed by atoms with E-state index in [0.717, 1.165) is 84.8 Å². The van der Waals surface area contributed by atoms with Crippen LogP contribution in [-0.4, -0.2) is 81.2 Å². The van der Waals surface area contributed by atoms with Crippen LogP contribution < -0.4 is 22.5 Å². The number of fused-ring (bicyclic) bond motifs is 2. The maximum absolute atomic E-state index is 12.7. The number of nitrogen functional groups attached to an aromatic ring is 3. The van der Waals surface area contributed by atoms with E-state index >= 15 is 0 Å². The fourth-order valence-electron chi connectivity index (χ4n) is 7.53. The Morgan fingerprint density at radius 3 is 2.05 bits per heavy atom. The van der Waals surface area contributed by atoms with Crippen LogP contribution in [0.1, 0.15) is 95.2 Å². The number of hydrogen-bond acceptors (Lipinski definition) is 12. The molecule has 9 N–H and O–H groups in total. The zero-order valence-electron chi connectivity index (χ0n) is 37.5. The maximum atomic E-state index is 12.7. The number of carboxylic acid groups (broad SMARTS) is 1. The van der Waals surface area contributed by atoms with Crippen molar-refractivity contribution >= 4 is 43.0 Å². The number of anilines is 4. The quantitative estimate of drug-likeness (QED) is 0.0583. The predicted molar refractivity (Wildman–Crippen MR) is 246 cm³/mol.